The molecule has 0 spiro atoms. The average molecular weight is 140 g/mol. The molecule has 0 unspecified atom stereocenters. The molecule has 0 bridgehead atoms. The van der Waals surface area contributed by atoms with Crippen molar-refractivity contribution in [3.8, 4) is 0 Å². The second kappa shape index (κ2) is 5.55. The zero-order valence-corrected chi connectivity index (χ0v) is 8.07. The zero-order valence-electron chi connectivity index (χ0n) is 8.07. The molecule has 3 heteroatoms. The van der Waals surface area contributed by atoms with Gasteiger partial charge in [-0.2, -0.15) is 0 Å². The van der Waals surface area contributed by atoms with Gasteiger partial charge in [-0.3, -0.25) is 0 Å². The van der Waals surface area contributed by atoms with E-state index in [1.165, 1.54) is 12.8 Å². The van der Waals surface area contributed by atoms with Crippen LogP contribution in [0.5, 0.6) is 0 Å². The Balaban J connectivity index is -0.000000245. The summed E-state index contributed by atoms with van der Waals surface area (Å²) < 4.78 is 0. The van der Waals surface area contributed by atoms with Gasteiger partial charge in [0.25, 0.3) is 0 Å². The Kier molecular flexibility index (Phi) is 7.68. The monoisotopic (exact) mass is 140 g/mol. The summed E-state index contributed by atoms with van der Waals surface area (Å²) in [6.45, 7) is 6.13. The number of rotatable bonds is 3. The van der Waals surface area contributed by atoms with Crippen molar-refractivity contribution in [2.45, 2.75) is 38.9 Å². The summed E-state index contributed by atoms with van der Waals surface area (Å²) in [5, 5.41) is 0. The van der Waals surface area contributed by atoms with Crippen molar-refractivity contribution in [1.29, 1.82) is 0 Å². The van der Waals surface area contributed by atoms with Gasteiger partial charge in [0.05, 0.1) is 0 Å². The van der Waals surface area contributed by atoms with Crippen LogP contribution in [0.4, 0.5) is 0 Å². The first kappa shape index (κ1) is 12.5. The van der Waals surface area contributed by atoms with Gasteiger partial charge in [-0.05, 0) is 19.1 Å². The molecule has 0 heterocycles. The summed E-state index contributed by atoms with van der Waals surface area (Å²) in [4.78, 5) is 9.29. The van der Waals surface area contributed by atoms with E-state index in [1.807, 2.05) is 13.1 Å². The Morgan fingerprint density at radius 3 is 2.00 bits per heavy atom. The fraction of sp³-hybridized carbons (Fsp3) is 1.00. The van der Waals surface area contributed by atoms with E-state index >= 15 is 0 Å². The molecule has 0 fully saturated rings. The van der Waals surface area contributed by atoms with Gasteiger partial charge in [0.15, 0.2) is 8.32 Å². The Morgan fingerprint density at radius 2 is 1.89 bits per heavy atom. The smallest absolute Gasteiger partial charge is 1.00 e. The maximum absolute atomic E-state index is 9.29. The molecule has 0 aliphatic heterocycles. The van der Waals surface area contributed by atoms with E-state index in [9.17, 15) is 4.80 Å². The molecule has 0 aromatic rings. The summed E-state index contributed by atoms with van der Waals surface area (Å²) in [7, 11) is -1.68. The summed E-state index contributed by atoms with van der Waals surface area (Å²) in [6, 6.07) is 1.06. The van der Waals surface area contributed by atoms with Crippen LogP contribution in [-0.2, 0) is 0 Å². The molecular weight excluding hydrogens is 123 g/mol. The molecular formula is C6H17LiOSi. The van der Waals surface area contributed by atoms with E-state index in [2.05, 4.69) is 6.92 Å². The Hall–Kier alpha value is 0.774. The summed E-state index contributed by atoms with van der Waals surface area (Å²) in [6.07, 6.45) is 2.40. The molecule has 0 aliphatic rings. The third-order valence-electron chi connectivity index (χ3n) is 1.14. The second-order valence-electron chi connectivity index (χ2n) is 2.92. The van der Waals surface area contributed by atoms with Crippen molar-refractivity contribution in [2.24, 2.45) is 0 Å². The van der Waals surface area contributed by atoms with E-state index in [4.69, 9.17) is 0 Å². The Bertz CT molecular complexity index is 65.3. The molecule has 0 aromatic heterocycles. The van der Waals surface area contributed by atoms with Crippen LogP contribution in [0.3, 0.4) is 0 Å². The van der Waals surface area contributed by atoms with Gasteiger partial charge in [-0.25, -0.2) is 0 Å². The van der Waals surface area contributed by atoms with Crippen LogP contribution in [0.25, 0.3) is 0 Å². The molecule has 0 atom stereocenters. The van der Waals surface area contributed by atoms with Crippen molar-refractivity contribution in [1.82, 2.24) is 0 Å². The maximum Gasteiger partial charge on any atom is 1.00 e. The molecule has 0 radical (unpaired) electrons. The van der Waals surface area contributed by atoms with Gasteiger partial charge in [-0.15, -0.1) is 0 Å². The summed E-state index contributed by atoms with van der Waals surface area (Å²) >= 11 is 0. The predicted octanol–water partition coefficient (Wildman–Crippen LogP) is -0.900. The minimum absolute atomic E-state index is 0. The van der Waals surface area contributed by atoms with Crippen LogP contribution in [0, 0.1) is 0 Å². The minimum Gasteiger partial charge on any atom is -1.00 e. The molecule has 9 heavy (non-hydrogen) atoms. The molecule has 0 saturated carbocycles. The van der Waals surface area contributed by atoms with Gasteiger partial charge < -0.3 is 6.22 Å². The molecule has 0 saturated heterocycles. The maximum atomic E-state index is 9.29. The summed E-state index contributed by atoms with van der Waals surface area (Å²) in [5.74, 6) is 0. The number of unbranched alkanes of at least 4 members (excludes halogenated alkanes) is 1. The summed E-state index contributed by atoms with van der Waals surface area (Å²) in [5.41, 5.74) is 0. The second-order valence-corrected chi connectivity index (χ2v) is 7.04. The molecule has 1 nitrogen and oxygen atoms in total. The normalized spacial score (nSPS) is 10.7. The first-order chi connectivity index (χ1) is 3.56. The van der Waals surface area contributed by atoms with Crippen LogP contribution < -0.4 is 18.9 Å². The van der Waals surface area contributed by atoms with Crippen molar-refractivity contribution in [3.63, 3.8) is 0 Å². The number of hydrogen-bond acceptors (Lipinski definition) is 1. The molecule has 1 N–H and O–H groups in total. The molecule has 52 valence electrons. The largest absolute Gasteiger partial charge is 1.00 e. The van der Waals surface area contributed by atoms with Crippen molar-refractivity contribution < 1.29 is 25.1 Å². The van der Waals surface area contributed by atoms with Crippen LogP contribution >= 0.6 is 0 Å². The van der Waals surface area contributed by atoms with Crippen LogP contribution in [0.2, 0.25) is 19.1 Å². The van der Waals surface area contributed by atoms with E-state index < -0.39 is 8.32 Å². The minimum atomic E-state index is -1.68. The third-order valence-corrected chi connectivity index (χ3v) is 2.72. The SMILES string of the molecule is CCCC[Si](C)(C)O.[H-].[Li+]. The Labute approximate surface area is 72.6 Å². The van der Waals surface area contributed by atoms with Gasteiger partial charge in [0.2, 0.25) is 0 Å². The van der Waals surface area contributed by atoms with Gasteiger partial charge in [0, 0.05) is 0 Å². The van der Waals surface area contributed by atoms with Crippen LogP contribution in [0.1, 0.15) is 21.2 Å². The topological polar surface area (TPSA) is 20.2 Å². The quantitative estimate of drug-likeness (QED) is 0.504. The molecule has 0 amide bonds. The van der Waals surface area contributed by atoms with E-state index in [1.54, 1.807) is 0 Å². The first-order valence-corrected chi connectivity index (χ1v) is 6.44. The van der Waals surface area contributed by atoms with Crippen molar-refractivity contribution >= 4 is 8.32 Å². The zero-order chi connectivity index (χ0) is 6.62. The average Bonchev–Trinajstić information content (AvgIpc) is 1.59. The number of hydrogen-bond donors (Lipinski definition) is 1. The molecule has 0 aliphatic carbocycles. The third kappa shape index (κ3) is 12.1. The van der Waals surface area contributed by atoms with E-state index in [0.717, 1.165) is 6.04 Å². The van der Waals surface area contributed by atoms with Crippen molar-refractivity contribution in [3.05, 3.63) is 0 Å². The van der Waals surface area contributed by atoms with E-state index in [0.29, 0.717) is 0 Å². The predicted molar refractivity (Wildman–Crippen MR) is 40.5 cm³/mol. The van der Waals surface area contributed by atoms with Gasteiger partial charge >= 0.3 is 18.9 Å². The molecule has 0 aromatic carbocycles. The van der Waals surface area contributed by atoms with Crippen LogP contribution in [-0.4, -0.2) is 13.1 Å². The Morgan fingerprint density at radius 1 is 1.44 bits per heavy atom. The van der Waals surface area contributed by atoms with Crippen LogP contribution in [0.15, 0.2) is 0 Å². The van der Waals surface area contributed by atoms with Gasteiger partial charge in [-0.1, -0.05) is 19.8 Å². The standard InChI is InChI=1S/C6H16OSi.Li.H/c1-4-5-6-8(2,3)7;;/h7H,4-6H2,1-3H3;;/q;+1;-1. The van der Waals surface area contributed by atoms with Gasteiger partial charge in [0.1, 0.15) is 0 Å². The first-order valence-electron chi connectivity index (χ1n) is 3.28. The van der Waals surface area contributed by atoms with E-state index in [-0.39, 0.29) is 20.3 Å². The fourth-order valence-corrected chi connectivity index (χ4v) is 1.83. The van der Waals surface area contributed by atoms with Crippen molar-refractivity contribution in [2.75, 3.05) is 0 Å². The fourth-order valence-electron chi connectivity index (χ4n) is 0.609. The molecule has 0 rings (SSSR count).